The number of halogens is 6. The monoisotopic (exact) mass is 660 g/mol. The van der Waals surface area contributed by atoms with Gasteiger partial charge in [-0.15, -0.1) is 0 Å². The number of alkyl halides is 3. The quantitative estimate of drug-likeness (QED) is 0.233. The topological polar surface area (TPSA) is 87.4 Å². The first-order valence-corrected chi connectivity index (χ1v) is 14.9. The Labute approximate surface area is 261 Å². The molecule has 2 aromatic heterocycles. The fourth-order valence-corrected chi connectivity index (χ4v) is 7.16. The third kappa shape index (κ3) is 5.35. The van der Waals surface area contributed by atoms with E-state index in [1.807, 2.05) is 12.1 Å². The maximum atomic E-state index is 14.7. The summed E-state index contributed by atoms with van der Waals surface area (Å²) in [5, 5.41) is 4.44. The molecule has 8 nitrogen and oxygen atoms in total. The van der Waals surface area contributed by atoms with E-state index in [1.54, 1.807) is 17.0 Å². The lowest BCUT2D eigenvalue weighted by atomic mass is 9.84. The van der Waals surface area contributed by atoms with Crippen LogP contribution in [0.15, 0.2) is 65.4 Å². The molecule has 1 amide bonds. The fourth-order valence-electron chi connectivity index (χ4n) is 6.20. The highest BCUT2D eigenvalue weighted by molar-refractivity contribution is 7.05. The molecular formula is C30H22ClF5N6O2S. The maximum absolute atomic E-state index is 14.7. The number of fused-ring (bicyclic) bond motifs is 2. The number of carbonyl (C=O) groups is 1. The third-order valence-corrected chi connectivity index (χ3v) is 9.06. The van der Waals surface area contributed by atoms with Gasteiger partial charge in [-0.3, -0.25) is 9.69 Å². The van der Waals surface area contributed by atoms with Gasteiger partial charge in [-0.25, -0.2) is 18.7 Å². The minimum absolute atomic E-state index is 0.00795. The molecule has 0 bridgehead atoms. The summed E-state index contributed by atoms with van der Waals surface area (Å²) in [5.41, 5.74) is -1.48. The van der Waals surface area contributed by atoms with Gasteiger partial charge < -0.3 is 14.6 Å². The number of amides is 1. The number of aromatic nitrogens is 3. The van der Waals surface area contributed by atoms with E-state index < -0.39 is 40.7 Å². The predicted octanol–water partition coefficient (Wildman–Crippen LogP) is 5.74. The molecule has 232 valence electrons. The van der Waals surface area contributed by atoms with Crippen molar-refractivity contribution in [3.05, 3.63) is 111 Å². The van der Waals surface area contributed by atoms with Crippen molar-refractivity contribution in [2.45, 2.75) is 30.8 Å². The Morgan fingerprint density at radius 1 is 1.09 bits per heavy atom. The van der Waals surface area contributed by atoms with Gasteiger partial charge in [0.15, 0.2) is 17.8 Å². The molecule has 2 saturated heterocycles. The standard InChI is InChI=1S/C30H22ClF5N6O2S/c31-19-3-1-2-16(4-19)7-24-39-28(40-45-24)29(18-8-20(32)10-21(33)9-18)14-37-11-25-41(26(43)13-42(25)29)12-17-5-22(30(34,35)36)27-23(6-17)38-15-44-27/h1-6,8-10,15,25,37H,7,11-14H2/t25?,29-/m1/s1. The van der Waals surface area contributed by atoms with Crippen molar-refractivity contribution in [3.63, 3.8) is 0 Å². The van der Waals surface area contributed by atoms with Gasteiger partial charge >= 0.3 is 6.18 Å². The first-order chi connectivity index (χ1) is 21.5. The average Bonchev–Trinajstić information content (AvgIpc) is 3.71. The van der Waals surface area contributed by atoms with Crippen LogP contribution >= 0.6 is 23.1 Å². The summed E-state index contributed by atoms with van der Waals surface area (Å²) in [6, 6.07) is 12.8. The molecule has 15 heteroatoms. The summed E-state index contributed by atoms with van der Waals surface area (Å²) in [5.74, 6) is -1.77. The Morgan fingerprint density at radius 2 is 1.89 bits per heavy atom. The molecule has 0 aliphatic carbocycles. The lowest BCUT2D eigenvalue weighted by molar-refractivity contribution is -0.136. The first-order valence-electron chi connectivity index (χ1n) is 13.8. The van der Waals surface area contributed by atoms with Gasteiger partial charge in [0.2, 0.25) is 5.91 Å². The highest BCUT2D eigenvalue weighted by Crippen LogP contribution is 2.43. The van der Waals surface area contributed by atoms with Crippen molar-refractivity contribution in [1.29, 1.82) is 0 Å². The molecule has 45 heavy (non-hydrogen) atoms. The van der Waals surface area contributed by atoms with Crippen molar-refractivity contribution < 1.29 is 31.2 Å². The van der Waals surface area contributed by atoms with Crippen LogP contribution in [0.25, 0.3) is 11.1 Å². The van der Waals surface area contributed by atoms with Crippen LogP contribution in [0.1, 0.15) is 33.1 Å². The Balaban J connectivity index is 1.28. The lowest BCUT2D eigenvalue weighted by Gasteiger charge is -2.48. The third-order valence-electron chi connectivity index (χ3n) is 8.12. The molecule has 5 aromatic rings. The molecule has 2 atom stereocenters. The van der Waals surface area contributed by atoms with Crippen LogP contribution in [0.2, 0.25) is 5.02 Å². The molecule has 0 saturated carbocycles. The molecule has 7 rings (SSSR count). The number of piperazine rings is 1. The summed E-state index contributed by atoms with van der Waals surface area (Å²) in [4.78, 5) is 25.5. The SMILES string of the molecule is O=C1CN2C(CNC[C@@]2(c2cc(F)cc(F)c2)c2nsc(Cc3cccc(Cl)c3)n2)N1Cc1cc(C(F)(F)F)c2ocnc2c1. The summed E-state index contributed by atoms with van der Waals surface area (Å²) < 4.78 is 80.6. The number of hydrogen-bond acceptors (Lipinski definition) is 8. The molecule has 2 aliphatic rings. The molecule has 2 fully saturated rings. The molecule has 4 heterocycles. The number of rotatable bonds is 6. The van der Waals surface area contributed by atoms with Gasteiger partial charge in [-0.2, -0.15) is 17.5 Å². The largest absolute Gasteiger partial charge is 0.443 e. The normalized spacial score (nSPS) is 20.7. The van der Waals surface area contributed by atoms with Gasteiger partial charge in [-0.1, -0.05) is 23.7 Å². The second kappa shape index (κ2) is 11.1. The number of hydrogen-bond donors (Lipinski definition) is 1. The van der Waals surface area contributed by atoms with E-state index in [0.717, 1.165) is 35.6 Å². The van der Waals surface area contributed by atoms with Crippen LogP contribution in [-0.4, -0.2) is 55.8 Å². The van der Waals surface area contributed by atoms with Gasteiger partial charge in [0.05, 0.1) is 12.7 Å². The maximum Gasteiger partial charge on any atom is 0.420 e. The second-order valence-corrected chi connectivity index (χ2v) is 12.2. The van der Waals surface area contributed by atoms with E-state index in [9.17, 15) is 26.7 Å². The average molecular weight is 661 g/mol. The van der Waals surface area contributed by atoms with E-state index in [4.69, 9.17) is 21.0 Å². The Kier molecular flexibility index (Phi) is 7.34. The van der Waals surface area contributed by atoms with E-state index in [2.05, 4.69) is 14.7 Å². The van der Waals surface area contributed by atoms with Crippen molar-refractivity contribution in [3.8, 4) is 0 Å². The minimum Gasteiger partial charge on any atom is -0.443 e. The van der Waals surface area contributed by atoms with Crippen molar-refractivity contribution in [1.82, 2.24) is 29.5 Å². The van der Waals surface area contributed by atoms with E-state index in [0.29, 0.717) is 16.5 Å². The van der Waals surface area contributed by atoms with Crippen LogP contribution in [0.4, 0.5) is 22.0 Å². The summed E-state index contributed by atoms with van der Waals surface area (Å²) in [6.45, 7) is -0.00952. The molecular weight excluding hydrogens is 639 g/mol. The molecule has 1 unspecified atom stereocenters. The zero-order valence-corrected chi connectivity index (χ0v) is 24.7. The zero-order valence-electron chi connectivity index (χ0n) is 23.1. The minimum atomic E-state index is -4.71. The Bertz CT molecular complexity index is 1910. The van der Waals surface area contributed by atoms with Crippen LogP contribution in [-0.2, 0) is 29.5 Å². The fraction of sp³-hybridized carbons (Fsp3) is 0.267. The Morgan fingerprint density at radius 3 is 2.64 bits per heavy atom. The van der Waals surface area contributed by atoms with Crippen LogP contribution in [0, 0.1) is 11.6 Å². The second-order valence-electron chi connectivity index (χ2n) is 10.9. The van der Waals surface area contributed by atoms with Gasteiger partial charge in [0, 0.05) is 37.1 Å². The molecule has 0 spiro atoms. The highest BCUT2D eigenvalue weighted by atomic mass is 35.5. The summed E-state index contributed by atoms with van der Waals surface area (Å²) >= 11 is 7.27. The number of nitrogens with zero attached hydrogens (tertiary/aromatic N) is 5. The van der Waals surface area contributed by atoms with Gasteiger partial charge in [0.1, 0.15) is 33.3 Å². The number of oxazole rings is 1. The number of carbonyl (C=O) groups excluding carboxylic acids is 1. The summed E-state index contributed by atoms with van der Waals surface area (Å²) in [7, 11) is 0. The zero-order chi connectivity index (χ0) is 31.5. The highest BCUT2D eigenvalue weighted by Gasteiger charge is 2.55. The van der Waals surface area contributed by atoms with Gasteiger partial charge in [-0.05, 0) is 64.6 Å². The first kappa shape index (κ1) is 29.7. The molecule has 0 radical (unpaired) electrons. The van der Waals surface area contributed by atoms with E-state index >= 15 is 0 Å². The smallest absolute Gasteiger partial charge is 0.420 e. The van der Waals surface area contributed by atoms with Crippen LogP contribution in [0.5, 0.6) is 0 Å². The summed E-state index contributed by atoms with van der Waals surface area (Å²) in [6.07, 6.45) is -4.08. The van der Waals surface area contributed by atoms with Crippen LogP contribution in [0.3, 0.4) is 0 Å². The van der Waals surface area contributed by atoms with E-state index in [-0.39, 0.29) is 54.6 Å². The van der Waals surface area contributed by atoms with Gasteiger partial charge in [0.25, 0.3) is 0 Å². The number of benzene rings is 3. The van der Waals surface area contributed by atoms with Crippen molar-refractivity contribution in [2.75, 3.05) is 19.6 Å². The Hall–Kier alpha value is -3.98. The molecule has 1 N–H and O–H groups in total. The molecule has 3 aromatic carbocycles. The predicted molar refractivity (Wildman–Crippen MR) is 154 cm³/mol. The molecule has 2 aliphatic heterocycles. The number of nitrogens with one attached hydrogen (secondary N) is 1. The van der Waals surface area contributed by atoms with Crippen LogP contribution < -0.4 is 5.32 Å². The van der Waals surface area contributed by atoms with Crippen molar-refractivity contribution in [2.24, 2.45) is 0 Å². The van der Waals surface area contributed by atoms with E-state index in [1.165, 1.54) is 23.1 Å². The van der Waals surface area contributed by atoms with Crippen molar-refractivity contribution >= 4 is 40.1 Å². The lowest BCUT2D eigenvalue weighted by Crippen LogP contribution is -2.64.